The molecule has 2 heterocycles. The van der Waals surface area contributed by atoms with Gasteiger partial charge in [0.1, 0.15) is 5.76 Å². The van der Waals surface area contributed by atoms with E-state index in [2.05, 4.69) is 63.2 Å². The normalized spacial score (nSPS) is 15.8. The molecule has 0 saturated carbocycles. The summed E-state index contributed by atoms with van der Waals surface area (Å²) in [6.07, 6.45) is 2.17. The van der Waals surface area contributed by atoms with E-state index in [1.165, 1.54) is 11.1 Å². The van der Waals surface area contributed by atoms with Crippen molar-refractivity contribution >= 4 is 17.6 Å². The molecule has 2 aromatic carbocycles. The number of anilines is 1. The Kier molecular flexibility index (Phi) is 7.42. The van der Waals surface area contributed by atoms with Gasteiger partial charge in [0, 0.05) is 44.7 Å². The van der Waals surface area contributed by atoms with Crippen LogP contribution in [0.4, 0.5) is 5.69 Å². The van der Waals surface area contributed by atoms with Gasteiger partial charge in [-0.05, 0) is 41.9 Å². The summed E-state index contributed by atoms with van der Waals surface area (Å²) in [7, 11) is 3.85. The molecule has 3 aromatic rings. The Morgan fingerprint density at radius 3 is 2.64 bits per heavy atom. The summed E-state index contributed by atoms with van der Waals surface area (Å²) >= 11 is 0. The van der Waals surface area contributed by atoms with E-state index in [9.17, 15) is 4.79 Å². The van der Waals surface area contributed by atoms with Gasteiger partial charge in [0.15, 0.2) is 5.96 Å². The van der Waals surface area contributed by atoms with Gasteiger partial charge in [0.2, 0.25) is 5.91 Å². The van der Waals surface area contributed by atoms with Crippen molar-refractivity contribution in [1.82, 2.24) is 15.5 Å². The number of amides is 1. The molecule has 1 aromatic heterocycles. The molecule has 1 aliphatic rings. The lowest BCUT2D eigenvalue weighted by atomic mass is 9.90. The number of nitrogens with one attached hydrogen (secondary N) is 3. The monoisotopic (exact) mass is 445 g/mol. The average Bonchev–Trinajstić information content (AvgIpc) is 3.32. The molecule has 0 spiro atoms. The van der Waals surface area contributed by atoms with E-state index in [1.807, 2.05) is 30.3 Å². The van der Waals surface area contributed by atoms with Gasteiger partial charge in [0.25, 0.3) is 0 Å². The molecule has 7 nitrogen and oxygen atoms in total. The van der Waals surface area contributed by atoms with E-state index in [0.717, 1.165) is 36.1 Å². The Bertz CT molecular complexity index is 1090. The summed E-state index contributed by atoms with van der Waals surface area (Å²) < 4.78 is 5.47. The van der Waals surface area contributed by atoms with Crippen molar-refractivity contribution < 1.29 is 9.21 Å². The highest BCUT2D eigenvalue weighted by Crippen LogP contribution is 2.31. The summed E-state index contributed by atoms with van der Waals surface area (Å²) in [5.41, 5.74) is 4.53. The van der Waals surface area contributed by atoms with E-state index in [4.69, 9.17) is 4.42 Å². The summed E-state index contributed by atoms with van der Waals surface area (Å²) in [4.78, 5) is 18.7. The maximum Gasteiger partial charge on any atom is 0.225 e. The molecule has 0 fully saturated rings. The average molecular weight is 446 g/mol. The van der Waals surface area contributed by atoms with Crippen LogP contribution in [0, 0.1) is 0 Å². The molecular formula is C26H31N5O2. The van der Waals surface area contributed by atoms with Crippen molar-refractivity contribution in [1.29, 1.82) is 0 Å². The van der Waals surface area contributed by atoms with Crippen LogP contribution >= 0.6 is 0 Å². The third-order valence-corrected chi connectivity index (χ3v) is 5.86. The molecular weight excluding hydrogens is 414 g/mol. The van der Waals surface area contributed by atoms with Crippen LogP contribution < -0.4 is 16.0 Å². The summed E-state index contributed by atoms with van der Waals surface area (Å²) in [5, 5.41) is 9.77. The van der Waals surface area contributed by atoms with Crippen LogP contribution in [-0.2, 0) is 24.4 Å². The molecule has 0 saturated heterocycles. The first-order valence-electron chi connectivity index (χ1n) is 11.2. The van der Waals surface area contributed by atoms with E-state index in [0.29, 0.717) is 19.5 Å². The Morgan fingerprint density at radius 1 is 1.06 bits per heavy atom. The first-order chi connectivity index (χ1) is 16.1. The quantitative estimate of drug-likeness (QED) is 0.364. The largest absolute Gasteiger partial charge is 0.468 e. The minimum absolute atomic E-state index is 0.0519. The highest BCUT2D eigenvalue weighted by Gasteiger charge is 2.24. The molecule has 4 rings (SSSR count). The van der Waals surface area contributed by atoms with Gasteiger partial charge < -0.3 is 20.4 Å². The van der Waals surface area contributed by atoms with Crippen LogP contribution in [0.5, 0.6) is 0 Å². The number of rotatable bonds is 8. The van der Waals surface area contributed by atoms with Crippen molar-refractivity contribution in [2.45, 2.75) is 32.0 Å². The van der Waals surface area contributed by atoms with Crippen LogP contribution in [0.1, 0.15) is 34.8 Å². The van der Waals surface area contributed by atoms with E-state index in [1.54, 1.807) is 13.3 Å². The van der Waals surface area contributed by atoms with Crippen LogP contribution in [0.25, 0.3) is 0 Å². The number of hydrogen-bond acceptors (Lipinski definition) is 4. The number of hydrogen-bond donors (Lipinski definition) is 3. The number of para-hydroxylation sites is 1. The predicted octanol–water partition coefficient (Wildman–Crippen LogP) is 3.70. The van der Waals surface area contributed by atoms with Crippen molar-refractivity contribution in [3.63, 3.8) is 0 Å². The zero-order chi connectivity index (χ0) is 23.0. The second-order valence-corrected chi connectivity index (χ2v) is 8.36. The van der Waals surface area contributed by atoms with Gasteiger partial charge in [-0.25, -0.2) is 0 Å². The van der Waals surface area contributed by atoms with Gasteiger partial charge >= 0.3 is 0 Å². The SMILES string of the molecule is CN=C(NCc1ccccc1CN(C)Cc1ccco1)NCC1CC(=O)Nc2ccccc21. The number of carbonyl (C=O) groups is 1. The number of fused-ring (bicyclic) bond motifs is 1. The van der Waals surface area contributed by atoms with E-state index >= 15 is 0 Å². The standard InChI is InChI=1S/C26H31N5O2/c1-27-26(29-16-21-14-25(32)30-24-12-6-5-11-23(21)24)28-15-19-8-3-4-9-20(19)17-31(2)18-22-10-7-13-33-22/h3-13,21H,14-18H2,1-2H3,(H,30,32)(H2,27,28,29). The highest BCUT2D eigenvalue weighted by atomic mass is 16.3. The molecule has 1 unspecified atom stereocenters. The van der Waals surface area contributed by atoms with Crippen molar-refractivity contribution in [2.24, 2.45) is 4.99 Å². The Morgan fingerprint density at radius 2 is 1.85 bits per heavy atom. The topological polar surface area (TPSA) is 81.9 Å². The van der Waals surface area contributed by atoms with Crippen LogP contribution in [0.15, 0.2) is 76.3 Å². The molecule has 1 amide bonds. The van der Waals surface area contributed by atoms with E-state index in [-0.39, 0.29) is 11.8 Å². The number of furan rings is 1. The minimum Gasteiger partial charge on any atom is -0.468 e. The third-order valence-electron chi connectivity index (χ3n) is 5.86. The minimum atomic E-state index is 0.0519. The summed E-state index contributed by atoms with van der Waals surface area (Å²) in [6.45, 7) is 2.87. The molecule has 172 valence electrons. The molecule has 33 heavy (non-hydrogen) atoms. The third kappa shape index (κ3) is 6.02. The number of guanidine groups is 1. The second kappa shape index (κ2) is 10.8. The second-order valence-electron chi connectivity index (χ2n) is 8.36. The number of nitrogens with zero attached hydrogens (tertiary/aromatic N) is 2. The Hall–Kier alpha value is -3.58. The fourth-order valence-electron chi connectivity index (χ4n) is 4.20. The number of benzene rings is 2. The first kappa shape index (κ1) is 22.6. The maximum atomic E-state index is 12.1. The molecule has 0 bridgehead atoms. The van der Waals surface area contributed by atoms with Crippen LogP contribution in [-0.4, -0.2) is 37.4 Å². The van der Waals surface area contributed by atoms with Crippen LogP contribution in [0.2, 0.25) is 0 Å². The number of aliphatic imine (C=N–C) groups is 1. The van der Waals surface area contributed by atoms with Crippen molar-refractivity contribution in [3.05, 3.63) is 89.4 Å². The zero-order valence-corrected chi connectivity index (χ0v) is 19.2. The Balaban J connectivity index is 1.33. The molecule has 3 N–H and O–H groups in total. The first-order valence-corrected chi connectivity index (χ1v) is 11.2. The molecule has 1 aliphatic heterocycles. The fraction of sp³-hybridized carbons (Fsp3) is 0.308. The fourth-order valence-corrected chi connectivity index (χ4v) is 4.20. The van der Waals surface area contributed by atoms with E-state index < -0.39 is 0 Å². The predicted molar refractivity (Wildman–Crippen MR) is 131 cm³/mol. The van der Waals surface area contributed by atoms with Gasteiger partial charge in [0.05, 0.1) is 12.8 Å². The smallest absolute Gasteiger partial charge is 0.225 e. The molecule has 7 heteroatoms. The zero-order valence-electron chi connectivity index (χ0n) is 19.2. The molecule has 1 atom stereocenters. The molecule has 0 aliphatic carbocycles. The lowest BCUT2D eigenvalue weighted by Gasteiger charge is -2.26. The maximum absolute atomic E-state index is 12.1. The van der Waals surface area contributed by atoms with Gasteiger partial charge in [-0.2, -0.15) is 0 Å². The van der Waals surface area contributed by atoms with Gasteiger partial charge in [-0.3, -0.25) is 14.7 Å². The van der Waals surface area contributed by atoms with Crippen LogP contribution in [0.3, 0.4) is 0 Å². The Labute approximate surface area is 194 Å². The molecule has 0 radical (unpaired) electrons. The van der Waals surface area contributed by atoms with Gasteiger partial charge in [-0.15, -0.1) is 0 Å². The summed E-state index contributed by atoms with van der Waals surface area (Å²) in [6, 6.07) is 20.3. The highest BCUT2D eigenvalue weighted by molar-refractivity contribution is 5.94. The summed E-state index contributed by atoms with van der Waals surface area (Å²) in [5.74, 6) is 1.83. The van der Waals surface area contributed by atoms with Crippen molar-refractivity contribution in [3.8, 4) is 0 Å². The van der Waals surface area contributed by atoms with Crippen molar-refractivity contribution in [2.75, 3.05) is 26.0 Å². The lowest BCUT2D eigenvalue weighted by Crippen LogP contribution is -2.40. The van der Waals surface area contributed by atoms with Gasteiger partial charge in [-0.1, -0.05) is 42.5 Å². The lowest BCUT2D eigenvalue weighted by molar-refractivity contribution is -0.116. The number of carbonyl (C=O) groups excluding carboxylic acids is 1.